The number of hydrogen-bond acceptors (Lipinski definition) is 2. The summed E-state index contributed by atoms with van der Waals surface area (Å²) in [5.41, 5.74) is 1.71. The van der Waals surface area contributed by atoms with Crippen molar-refractivity contribution in [1.82, 2.24) is 5.32 Å². The van der Waals surface area contributed by atoms with Crippen LogP contribution < -0.4 is 5.32 Å². The summed E-state index contributed by atoms with van der Waals surface area (Å²) in [4.78, 5) is 0. The molecule has 1 rings (SSSR count). The van der Waals surface area contributed by atoms with Gasteiger partial charge in [0.05, 0.1) is 0 Å². The maximum Gasteiger partial charge on any atom is 0.0489 e. The second-order valence-corrected chi connectivity index (χ2v) is 7.50. The number of hydrogen-bond donors (Lipinski definition) is 1. The SMILES string of the molecule is CC(C)COCCCNC(CC(C)(C)C)c1ccccc1. The van der Waals surface area contributed by atoms with Crippen LogP contribution in [0.15, 0.2) is 30.3 Å². The molecular weight excluding hydrogens is 258 g/mol. The molecule has 1 aromatic carbocycles. The van der Waals surface area contributed by atoms with Gasteiger partial charge in [-0.2, -0.15) is 0 Å². The van der Waals surface area contributed by atoms with Crippen molar-refractivity contribution in [3.63, 3.8) is 0 Å². The topological polar surface area (TPSA) is 21.3 Å². The number of nitrogens with one attached hydrogen (secondary N) is 1. The van der Waals surface area contributed by atoms with Crippen LogP contribution in [0.25, 0.3) is 0 Å². The highest BCUT2D eigenvalue weighted by molar-refractivity contribution is 5.19. The van der Waals surface area contributed by atoms with Gasteiger partial charge < -0.3 is 10.1 Å². The average molecular weight is 291 g/mol. The van der Waals surface area contributed by atoms with Crippen molar-refractivity contribution in [3.8, 4) is 0 Å². The van der Waals surface area contributed by atoms with Crippen LogP contribution in [0.4, 0.5) is 0 Å². The molecule has 0 heterocycles. The van der Waals surface area contributed by atoms with Crippen molar-refractivity contribution in [2.45, 2.75) is 53.5 Å². The van der Waals surface area contributed by atoms with Gasteiger partial charge >= 0.3 is 0 Å². The van der Waals surface area contributed by atoms with E-state index in [4.69, 9.17) is 4.74 Å². The quantitative estimate of drug-likeness (QED) is 0.659. The first kappa shape index (κ1) is 18.2. The lowest BCUT2D eigenvalue weighted by Gasteiger charge is -2.27. The van der Waals surface area contributed by atoms with Crippen molar-refractivity contribution >= 4 is 0 Å². The molecule has 1 unspecified atom stereocenters. The van der Waals surface area contributed by atoms with Crippen molar-refractivity contribution in [3.05, 3.63) is 35.9 Å². The molecule has 2 heteroatoms. The smallest absolute Gasteiger partial charge is 0.0489 e. The van der Waals surface area contributed by atoms with E-state index in [9.17, 15) is 0 Å². The summed E-state index contributed by atoms with van der Waals surface area (Å²) < 4.78 is 5.64. The van der Waals surface area contributed by atoms with Crippen molar-refractivity contribution < 1.29 is 4.74 Å². The first-order valence-corrected chi connectivity index (χ1v) is 8.24. The van der Waals surface area contributed by atoms with Crippen LogP contribution in [0, 0.1) is 11.3 Å². The van der Waals surface area contributed by atoms with E-state index in [1.54, 1.807) is 0 Å². The maximum atomic E-state index is 5.64. The van der Waals surface area contributed by atoms with E-state index in [2.05, 4.69) is 70.3 Å². The van der Waals surface area contributed by atoms with Crippen molar-refractivity contribution in [2.24, 2.45) is 11.3 Å². The predicted molar refractivity (Wildman–Crippen MR) is 91.5 cm³/mol. The lowest BCUT2D eigenvalue weighted by atomic mass is 9.85. The minimum atomic E-state index is 0.321. The summed E-state index contributed by atoms with van der Waals surface area (Å²) in [7, 11) is 0. The molecule has 0 radical (unpaired) electrons. The first-order chi connectivity index (χ1) is 9.88. The molecule has 0 aliphatic rings. The van der Waals surface area contributed by atoms with Crippen LogP contribution in [-0.2, 0) is 4.74 Å². The molecule has 0 bridgehead atoms. The highest BCUT2D eigenvalue weighted by atomic mass is 16.5. The normalized spacial score (nSPS) is 13.6. The van der Waals surface area contributed by atoms with Gasteiger partial charge in [0.2, 0.25) is 0 Å². The Morgan fingerprint density at radius 3 is 2.33 bits per heavy atom. The summed E-state index contributed by atoms with van der Waals surface area (Å²) in [5.74, 6) is 0.621. The van der Waals surface area contributed by atoms with Gasteiger partial charge in [-0.25, -0.2) is 0 Å². The molecule has 0 saturated heterocycles. The lowest BCUT2D eigenvalue weighted by molar-refractivity contribution is 0.107. The zero-order valence-corrected chi connectivity index (χ0v) is 14.5. The number of rotatable bonds is 9. The van der Waals surface area contributed by atoms with Gasteiger partial charge in [-0.3, -0.25) is 0 Å². The molecule has 0 aromatic heterocycles. The molecule has 0 amide bonds. The van der Waals surface area contributed by atoms with Crippen LogP contribution in [0.3, 0.4) is 0 Å². The first-order valence-electron chi connectivity index (χ1n) is 8.24. The standard InChI is InChI=1S/C19H33NO/c1-16(2)15-21-13-9-12-20-18(14-19(3,4)5)17-10-7-6-8-11-17/h6-8,10-11,16,18,20H,9,12-15H2,1-5H3. The highest BCUT2D eigenvalue weighted by Crippen LogP contribution is 2.29. The predicted octanol–water partition coefficient (Wildman–Crippen LogP) is 4.82. The highest BCUT2D eigenvalue weighted by Gasteiger charge is 2.19. The van der Waals surface area contributed by atoms with E-state index in [1.807, 2.05) is 0 Å². The van der Waals surface area contributed by atoms with Crippen LogP contribution in [0.2, 0.25) is 0 Å². The minimum absolute atomic E-state index is 0.321. The molecule has 1 atom stereocenters. The summed E-state index contributed by atoms with van der Waals surface area (Å²) in [6, 6.07) is 11.2. The second-order valence-electron chi connectivity index (χ2n) is 7.50. The Morgan fingerprint density at radius 1 is 1.10 bits per heavy atom. The molecule has 0 spiro atoms. The third kappa shape index (κ3) is 8.90. The van der Waals surface area contributed by atoms with E-state index in [1.165, 1.54) is 5.56 Å². The van der Waals surface area contributed by atoms with E-state index < -0.39 is 0 Å². The molecule has 120 valence electrons. The zero-order valence-electron chi connectivity index (χ0n) is 14.5. The summed E-state index contributed by atoms with van der Waals surface area (Å²) in [5, 5.41) is 3.70. The Balaban J connectivity index is 2.40. The summed E-state index contributed by atoms with van der Waals surface area (Å²) >= 11 is 0. The Labute approximate surface area is 131 Å². The van der Waals surface area contributed by atoms with Gasteiger partial charge in [-0.05, 0) is 36.3 Å². The Kier molecular flexibility index (Phi) is 7.98. The van der Waals surface area contributed by atoms with Crippen LogP contribution in [-0.4, -0.2) is 19.8 Å². The van der Waals surface area contributed by atoms with Gasteiger partial charge in [0.15, 0.2) is 0 Å². The minimum Gasteiger partial charge on any atom is -0.381 e. The largest absolute Gasteiger partial charge is 0.381 e. The maximum absolute atomic E-state index is 5.64. The van der Waals surface area contributed by atoms with E-state index in [-0.39, 0.29) is 0 Å². The molecule has 1 aromatic rings. The zero-order chi connectivity index (χ0) is 15.7. The summed E-state index contributed by atoms with van der Waals surface area (Å²) in [6.45, 7) is 14.0. The number of benzene rings is 1. The Bertz CT molecular complexity index is 367. The van der Waals surface area contributed by atoms with E-state index >= 15 is 0 Å². The monoisotopic (exact) mass is 291 g/mol. The lowest BCUT2D eigenvalue weighted by Crippen LogP contribution is -2.27. The van der Waals surface area contributed by atoms with E-state index in [0.717, 1.165) is 32.6 Å². The fourth-order valence-corrected chi connectivity index (χ4v) is 2.38. The van der Waals surface area contributed by atoms with Gasteiger partial charge in [-0.15, -0.1) is 0 Å². The molecule has 2 nitrogen and oxygen atoms in total. The second kappa shape index (κ2) is 9.22. The average Bonchev–Trinajstić information content (AvgIpc) is 2.40. The molecule has 0 saturated carbocycles. The Morgan fingerprint density at radius 2 is 1.76 bits per heavy atom. The third-order valence-electron chi connectivity index (χ3n) is 3.33. The van der Waals surface area contributed by atoms with Gasteiger partial charge in [0.25, 0.3) is 0 Å². The molecule has 0 aliphatic carbocycles. The molecule has 0 aliphatic heterocycles. The molecular formula is C19H33NO. The fraction of sp³-hybridized carbons (Fsp3) is 0.684. The van der Waals surface area contributed by atoms with Crippen LogP contribution in [0.5, 0.6) is 0 Å². The molecule has 0 fully saturated rings. The van der Waals surface area contributed by atoms with Gasteiger partial charge in [0.1, 0.15) is 0 Å². The van der Waals surface area contributed by atoms with Crippen LogP contribution >= 0.6 is 0 Å². The Hall–Kier alpha value is -0.860. The van der Waals surface area contributed by atoms with Gasteiger partial charge in [0, 0.05) is 19.3 Å². The van der Waals surface area contributed by atoms with Crippen molar-refractivity contribution in [1.29, 1.82) is 0 Å². The van der Waals surface area contributed by atoms with Gasteiger partial charge in [-0.1, -0.05) is 65.0 Å². The third-order valence-corrected chi connectivity index (χ3v) is 3.33. The summed E-state index contributed by atoms with van der Waals surface area (Å²) in [6.07, 6.45) is 2.21. The molecule has 21 heavy (non-hydrogen) atoms. The van der Waals surface area contributed by atoms with E-state index in [0.29, 0.717) is 17.4 Å². The molecule has 1 N–H and O–H groups in total. The fourth-order valence-electron chi connectivity index (χ4n) is 2.38. The van der Waals surface area contributed by atoms with Crippen LogP contribution in [0.1, 0.15) is 59.1 Å². The van der Waals surface area contributed by atoms with Crippen molar-refractivity contribution in [2.75, 3.05) is 19.8 Å². The number of ether oxygens (including phenoxy) is 1.